The van der Waals surface area contributed by atoms with Gasteiger partial charge in [0.15, 0.2) is 0 Å². The third-order valence-electron chi connectivity index (χ3n) is 6.76. The van der Waals surface area contributed by atoms with Gasteiger partial charge in [-0.05, 0) is 76.1 Å². The van der Waals surface area contributed by atoms with Gasteiger partial charge in [0, 0.05) is 12.6 Å². The monoisotopic (exact) mass is 583 g/mol. The number of amides is 2. The van der Waals surface area contributed by atoms with Crippen molar-refractivity contribution in [2.45, 2.75) is 64.6 Å². The lowest BCUT2D eigenvalue weighted by Gasteiger charge is -2.33. The Kier molecular flexibility index (Phi) is 10.9. The number of nitrogens with one attached hydrogen (secondary N) is 1. The molecule has 3 aromatic rings. The average molecular weight is 584 g/mol. The van der Waals surface area contributed by atoms with Crippen LogP contribution in [0.1, 0.15) is 45.2 Å². The first-order valence-corrected chi connectivity index (χ1v) is 15.1. The van der Waals surface area contributed by atoms with Crippen molar-refractivity contribution in [3.8, 4) is 5.75 Å². The number of benzene rings is 3. The van der Waals surface area contributed by atoms with E-state index in [0.29, 0.717) is 17.7 Å². The summed E-state index contributed by atoms with van der Waals surface area (Å²) in [6.45, 7) is 8.67. The summed E-state index contributed by atoms with van der Waals surface area (Å²) in [6.07, 6.45) is 0.696. The molecule has 41 heavy (non-hydrogen) atoms. The van der Waals surface area contributed by atoms with Crippen LogP contribution in [0.15, 0.2) is 77.7 Å². The van der Waals surface area contributed by atoms with Gasteiger partial charge in [-0.1, -0.05) is 48.9 Å². The van der Waals surface area contributed by atoms with Crippen LogP contribution in [0.25, 0.3) is 0 Å². The summed E-state index contributed by atoms with van der Waals surface area (Å²) in [6, 6.07) is 17.5. The Labute approximate surface area is 242 Å². The molecule has 8 nitrogen and oxygen atoms in total. The first-order valence-electron chi connectivity index (χ1n) is 13.6. The Bertz CT molecular complexity index is 1430. The summed E-state index contributed by atoms with van der Waals surface area (Å²) in [5.74, 6) is -1.12. The van der Waals surface area contributed by atoms with Crippen molar-refractivity contribution in [2.24, 2.45) is 0 Å². The second-order valence-electron chi connectivity index (χ2n) is 9.87. The minimum atomic E-state index is -4.23. The number of carbonyl (C=O) groups excluding carboxylic acids is 2. The Balaban J connectivity index is 2.07. The quantitative estimate of drug-likeness (QED) is 0.304. The first-order chi connectivity index (χ1) is 19.5. The van der Waals surface area contributed by atoms with Crippen LogP contribution in [0.2, 0.25) is 0 Å². The number of halogens is 1. The number of rotatable bonds is 13. The smallest absolute Gasteiger partial charge is 0.264 e. The number of ether oxygens (including phenoxy) is 1. The predicted octanol–water partition coefficient (Wildman–Crippen LogP) is 5.06. The SMILES string of the molecule is CCOc1ccccc1N(CC(=O)N(Cc1ccc(F)cc1)C(C)C(=O)NC(C)CC)S(=O)(=O)c1ccc(C)cc1. The van der Waals surface area contributed by atoms with Crippen molar-refractivity contribution in [2.75, 3.05) is 17.5 Å². The van der Waals surface area contributed by atoms with Gasteiger partial charge in [-0.15, -0.1) is 0 Å². The maximum Gasteiger partial charge on any atom is 0.264 e. The van der Waals surface area contributed by atoms with Crippen molar-refractivity contribution in [3.63, 3.8) is 0 Å². The molecule has 0 aliphatic rings. The number of anilines is 1. The molecule has 0 heterocycles. The Hall–Kier alpha value is -3.92. The van der Waals surface area contributed by atoms with E-state index in [1.54, 1.807) is 50.2 Å². The Morgan fingerprint density at radius 2 is 1.59 bits per heavy atom. The summed E-state index contributed by atoms with van der Waals surface area (Å²) in [7, 11) is -4.23. The van der Waals surface area contributed by atoms with Gasteiger partial charge < -0.3 is 15.0 Å². The van der Waals surface area contributed by atoms with Gasteiger partial charge in [0.05, 0.1) is 17.2 Å². The van der Waals surface area contributed by atoms with Crippen LogP contribution >= 0.6 is 0 Å². The van der Waals surface area contributed by atoms with E-state index in [1.165, 1.54) is 41.3 Å². The summed E-state index contributed by atoms with van der Waals surface area (Å²) in [5, 5.41) is 2.89. The zero-order valence-electron chi connectivity index (χ0n) is 24.1. The molecule has 0 radical (unpaired) electrons. The topological polar surface area (TPSA) is 96.0 Å². The minimum absolute atomic E-state index is 0.00912. The van der Waals surface area contributed by atoms with Crippen LogP contribution in [0.4, 0.5) is 10.1 Å². The highest BCUT2D eigenvalue weighted by Gasteiger charge is 2.34. The average Bonchev–Trinajstić information content (AvgIpc) is 2.95. The van der Waals surface area contributed by atoms with Crippen LogP contribution in [0.5, 0.6) is 5.75 Å². The van der Waals surface area contributed by atoms with Gasteiger partial charge in [0.25, 0.3) is 10.0 Å². The fourth-order valence-electron chi connectivity index (χ4n) is 4.13. The van der Waals surface area contributed by atoms with Gasteiger partial charge in [-0.3, -0.25) is 13.9 Å². The van der Waals surface area contributed by atoms with E-state index < -0.39 is 34.3 Å². The van der Waals surface area contributed by atoms with Gasteiger partial charge >= 0.3 is 0 Å². The third kappa shape index (κ3) is 8.07. The van der Waals surface area contributed by atoms with Crippen LogP contribution in [0.3, 0.4) is 0 Å². The molecule has 0 saturated carbocycles. The summed E-state index contributed by atoms with van der Waals surface area (Å²) >= 11 is 0. The summed E-state index contributed by atoms with van der Waals surface area (Å²) < 4.78 is 48.4. The molecule has 3 rings (SSSR count). The number of hydrogen-bond acceptors (Lipinski definition) is 5. The molecule has 0 fully saturated rings. The zero-order chi connectivity index (χ0) is 30.2. The van der Waals surface area contributed by atoms with Gasteiger partial charge in [-0.25, -0.2) is 12.8 Å². The highest BCUT2D eigenvalue weighted by Crippen LogP contribution is 2.33. The van der Waals surface area contributed by atoms with E-state index in [1.807, 2.05) is 20.8 Å². The van der Waals surface area contributed by atoms with E-state index in [2.05, 4.69) is 5.32 Å². The largest absolute Gasteiger partial charge is 0.492 e. The molecule has 0 aromatic heterocycles. The molecular weight excluding hydrogens is 545 g/mol. The second kappa shape index (κ2) is 14.1. The van der Waals surface area contributed by atoms with E-state index >= 15 is 0 Å². The molecule has 3 aromatic carbocycles. The molecule has 2 amide bonds. The third-order valence-corrected chi connectivity index (χ3v) is 8.53. The van der Waals surface area contributed by atoms with Gasteiger partial charge in [-0.2, -0.15) is 0 Å². The van der Waals surface area contributed by atoms with E-state index in [-0.39, 0.29) is 35.7 Å². The fourth-order valence-corrected chi connectivity index (χ4v) is 5.55. The predicted molar refractivity (Wildman–Crippen MR) is 158 cm³/mol. The normalized spacial score (nSPS) is 12.7. The van der Waals surface area contributed by atoms with Crippen molar-refractivity contribution in [3.05, 3.63) is 89.7 Å². The lowest BCUT2D eigenvalue weighted by atomic mass is 10.1. The van der Waals surface area contributed by atoms with E-state index in [9.17, 15) is 22.4 Å². The van der Waals surface area contributed by atoms with Crippen LogP contribution in [-0.4, -0.2) is 50.4 Å². The zero-order valence-corrected chi connectivity index (χ0v) is 24.9. The number of aryl methyl sites for hydroxylation is 1. The summed E-state index contributed by atoms with van der Waals surface area (Å²) in [5.41, 5.74) is 1.67. The maximum absolute atomic E-state index is 14.0. The molecule has 220 valence electrons. The maximum atomic E-state index is 14.0. The highest BCUT2D eigenvalue weighted by molar-refractivity contribution is 7.92. The van der Waals surface area contributed by atoms with Crippen molar-refractivity contribution < 1.29 is 27.1 Å². The Morgan fingerprint density at radius 1 is 0.951 bits per heavy atom. The van der Waals surface area contributed by atoms with Crippen LogP contribution in [0, 0.1) is 12.7 Å². The number of para-hydroxylation sites is 2. The molecule has 2 atom stereocenters. The molecule has 0 saturated heterocycles. The molecule has 0 aliphatic carbocycles. The lowest BCUT2D eigenvalue weighted by Crippen LogP contribution is -2.52. The lowest BCUT2D eigenvalue weighted by molar-refractivity contribution is -0.139. The van der Waals surface area contributed by atoms with E-state index in [0.717, 1.165) is 9.87 Å². The highest BCUT2D eigenvalue weighted by atomic mass is 32.2. The Morgan fingerprint density at radius 3 is 2.20 bits per heavy atom. The van der Waals surface area contributed by atoms with Crippen molar-refractivity contribution >= 4 is 27.5 Å². The molecular formula is C31H38FN3O5S. The second-order valence-corrected chi connectivity index (χ2v) is 11.7. The van der Waals surface area contributed by atoms with Crippen molar-refractivity contribution in [1.29, 1.82) is 0 Å². The fraction of sp³-hybridized carbons (Fsp3) is 0.355. The number of nitrogens with zero attached hydrogens (tertiary/aromatic N) is 2. The van der Waals surface area contributed by atoms with Crippen LogP contribution in [-0.2, 0) is 26.2 Å². The molecule has 1 N–H and O–H groups in total. The number of carbonyl (C=O) groups is 2. The first kappa shape index (κ1) is 31.6. The number of hydrogen-bond donors (Lipinski definition) is 1. The molecule has 0 bridgehead atoms. The number of sulfonamides is 1. The molecule has 0 spiro atoms. The van der Waals surface area contributed by atoms with Gasteiger partial charge in [0.2, 0.25) is 11.8 Å². The molecule has 10 heteroatoms. The minimum Gasteiger partial charge on any atom is -0.492 e. The van der Waals surface area contributed by atoms with E-state index in [4.69, 9.17) is 4.74 Å². The molecule has 0 aliphatic heterocycles. The van der Waals surface area contributed by atoms with Crippen LogP contribution < -0.4 is 14.4 Å². The molecule has 2 unspecified atom stereocenters. The standard InChI is InChI=1S/C31H38FN3O5S/c1-6-23(4)33-31(37)24(5)34(20-25-14-16-26(32)17-15-25)30(36)21-35(28-10-8-9-11-29(28)40-7-2)41(38,39)27-18-12-22(3)13-19-27/h8-19,23-24H,6-7,20-21H2,1-5H3,(H,33,37). The van der Waals surface area contributed by atoms with Crippen molar-refractivity contribution in [1.82, 2.24) is 10.2 Å². The van der Waals surface area contributed by atoms with Gasteiger partial charge in [0.1, 0.15) is 24.2 Å². The summed E-state index contributed by atoms with van der Waals surface area (Å²) in [4.78, 5) is 28.5.